The molecule has 3 heterocycles. The monoisotopic (exact) mass is 362 g/mol. The SMILES string of the molecule is O=C(O)c1ccccc1-n1cc(CN2CC[C@@H](Cc3ccncc3)C2)cn1. The zero-order valence-corrected chi connectivity index (χ0v) is 15.0. The van der Waals surface area contributed by atoms with Gasteiger partial charge in [-0.1, -0.05) is 12.1 Å². The van der Waals surface area contributed by atoms with Crippen LogP contribution in [-0.4, -0.2) is 43.8 Å². The van der Waals surface area contributed by atoms with Gasteiger partial charge in [0.25, 0.3) is 0 Å². The van der Waals surface area contributed by atoms with E-state index in [1.807, 2.05) is 30.9 Å². The highest BCUT2D eigenvalue weighted by Crippen LogP contribution is 2.23. The number of para-hydroxylation sites is 1. The highest BCUT2D eigenvalue weighted by Gasteiger charge is 2.23. The van der Waals surface area contributed by atoms with Gasteiger partial charge in [0.15, 0.2) is 0 Å². The molecule has 1 N–H and O–H groups in total. The number of aromatic carboxylic acids is 1. The van der Waals surface area contributed by atoms with Gasteiger partial charge in [-0.3, -0.25) is 9.88 Å². The predicted molar refractivity (Wildman–Crippen MR) is 102 cm³/mol. The summed E-state index contributed by atoms with van der Waals surface area (Å²) < 4.78 is 1.66. The van der Waals surface area contributed by atoms with E-state index in [1.54, 1.807) is 22.9 Å². The molecular formula is C21H22N4O2. The highest BCUT2D eigenvalue weighted by atomic mass is 16.4. The lowest BCUT2D eigenvalue weighted by atomic mass is 10.00. The summed E-state index contributed by atoms with van der Waals surface area (Å²) in [6, 6.07) is 11.1. The third-order valence-electron chi connectivity index (χ3n) is 5.07. The Hall–Kier alpha value is -2.99. The van der Waals surface area contributed by atoms with E-state index in [4.69, 9.17) is 0 Å². The first-order valence-corrected chi connectivity index (χ1v) is 9.16. The fraction of sp³-hybridized carbons (Fsp3) is 0.286. The zero-order chi connectivity index (χ0) is 18.6. The molecule has 138 valence electrons. The minimum Gasteiger partial charge on any atom is -0.478 e. The van der Waals surface area contributed by atoms with Gasteiger partial charge in [0, 0.05) is 37.2 Å². The number of carboxylic acid groups (broad SMARTS) is 1. The number of pyridine rings is 1. The van der Waals surface area contributed by atoms with Crippen molar-refractivity contribution in [3.8, 4) is 5.69 Å². The first-order valence-electron chi connectivity index (χ1n) is 9.16. The summed E-state index contributed by atoms with van der Waals surface area (Å²) in [5, 5.41) is 13.7. The van der Waals surface area contributed by atoms with Crippen LogP contribution in [0.25, 0.3) is 5.69 Å². The third-order valence-corrected chi connectivity index (χ3v) is 5.07. The van der Waals surface area contributed by atoms with Crippen molar-refractivity contribution >= 4 is 5.97 Å². The van der Waals surface area contributed by atoms with Crippen LogP contribution in [-0.2, 0) is 13.0 Å². The predicted octanol–water partition coefficient (Wildman–Crippen LogP) is 3.03. The van der Waals surface area contributed by atoms with Crippen LogP contribution < -0.4 is 0 Å². The van der Waals surface area contributed by atoms with E-state index < -0.39 is 5.97 Å². The van der Waals surface area contributed by atoms with E-state index in [0.717, 1.165) is 31.6 Å². The van der Waals surface area contributed by atoms with Gasteiger partial charge >= 0.3 is 5.97 Å². The molecule has 2 aromatic heterocycles. The summed E-state index contributed by atoms with van der Waals surface area (Å²) in [5.41, 5.74) is 3.29. The summed E-state index contributed by atoms with van der Waals surface area (Å²) >= 11 is 0. The van der Waals surface area contributed by atoms with Crippen LogP contribution in [0.5, 0.6) is 0 Å². The molecule has 0 unspecified atom stereocenters. The Kier molecular flexibility index (Phi) is 4.98. The van der Waals surface area contributed by atoms with E-state index in [9.17, 15) is 9.90 Å². The van der Waals surface area contributed by atoms with Gasteiger partial charge < -0.3 is 5.11 Å². The second-order valence-corrected chi connectivity index (χ2v) is 7.06. The summed E-state index contributed by atoms with van der Waals surface area (Å²) in [4.78, 5) is 17.9. The van der Waals surface area contributed by atoms with Gasteiger partial charge in [-0.25, -0.2) is 9.48 Å². The van der Waals surface area contributed by atoms with E-state index in [1.165, 1.54) is 12.0 Å². The number of benzene rings is 1. The minimum atomic E-state index is -0.943. The molecule has 0 bridgehead atoms. The number of carboxylic acids is 1. The maximum atomic E-state index is 11.4. The van der Waals surface area contributed by atoms with Crippen LogP contribution in [0.1, 0.15) is 27.9 Å². The molecule has 6 heteroatoms. The Morgan fingerprint density at radius 1 is 1.15 bits per heavy atom. The average Bonchev–Trinajstić information content (AvgIpc) is 3.32. The summed E-state index contributed by atoms with van der Waals surface area (Å²) in [5.74, 6) is -0.281. The summed E-state index contributed by atoms with van der Waals surface area (Å²) in [7, 11) is 0. The average molecular weight is 362 g/mol. The Labute approximate surface area is 158 Å². The Bertz CT molecular complexity index is 923. The molecule has 1 aromatic carbocycles. The molecular weight excluding hydrogens is 340 g/mol. The first-order chi connectivity index (χ1) is 13.2. The molecule has 1 aliphatic rings. The highest BCUT2D eigenvalue weighted by molar-refractivity contribution is 5.91. The van der Waals surface area contributed by atoms with Crippen LogP contribution in [0.3, 0.4) is 0 Å². The van der Waals surface area contributed by atoms with Crippen molar-refractivity contribution in [2.75, 3.05) is 13.1 Å². The molecule has 1 saturated heterocycles. The van der Waals surface area contributed by atoms with Crippen molar-refractivity contribution in [1.82, 2.24) is 19.7 Å². The number of hydrogen-bond donors (Lipinski definition) is 1. The first kappa shape index (κ1) is 17.4. The van der Waals surface area contributed by atoms with Gasteiger partial charge in [-0.15, -0.1) is 0 Å². The molecule has 0 amide bonds. The van der Waals surface area contributed by atoms with Crippen LogP contribution in [0.2, 0.25) is 0 Å². The van der Waals surface area contributed by atoms with Crippen LogP contribution in [0, 0.1) is 5.92 Å². The Morgan fingerprint density at radius 2 is 1.96 bits per heavy atom. The van der Waals surface area contributed by atoms with E-state index in [-0.39, 0.29) is 5.56 Å². The van der Waals surface area contributed by atoms with Gasteiger partial charge in [-0.2, -0.15) is 5.10 Å². The molecule has 1 aliphatic heterocycles. The molecule has 27 heavy (non-hydrogen) atoms. The smallest absolute Gasteiger partial charge is 0.337 e. The zero-order valence-electron chi connectivity index (χ0n) is 15.0. The lowest BCUT2D eigenvalue weighted by molar-refractivity contribution is 0.0696. The number of nitrogens with zero attached hydrogens (tertiary/aromatic N) is 4. The van der Waals surface area contributed by atoms with Gasteiger partial charge in [0.05, 0.1) is 17.4 Å². The second-order valence-electron chi connectivity index (χ2n) is 7.06. The lowest BCUT2D eigenvalue weighted by Gasteiger charge is -2.15. The Balaban J connectivity index is 1.40. The molecule has 6 nitrogen and oxygen atoms in total. The minimum absolute atomic E-state index is 0.255. The summed E-state index contributed by atoms with van der Waals surface area (Å²) in [6.07, 6.45) is 9.74. The fourth-order valence-corrected chi connectivity index (χ4v) is 3.76. The van der Waals surface area contributed by atoms with Crippen molar-refractivity contribution in [1.29, 1.82) is 0 Å². The summed E-state index contributed by atoms with van der Waals surface area (Å²) in [6.45, 7) is 2.98. The van der Waals surface area contributed by atoms with Gasteiger partial charge in [0.2, 0.25) is 0 Å². The molecule has 1 fully saturated rings. The fourth-order valence-electron chi connectivity index (χ4n) is 3.76. The molecule has 0 radical (unpaired) electrons. The van der Waals surface area contributed by atoms with Crippen molar-refractivity contribution in [2.24, 2.45) is 5.92 Å². The number of aromatic nitrogens is 3. The molecule has 4 rings (SSSR count). The van der Waals surface area contributed by atoms with E-state index in [0.29, 0.717) is 11.6 Å². The topological polar surface area (TPSA) is 71.2 Å². The number of hydrogen-bond acceptors (Lipinski definition) is 4. The van der Waals surface area contributed by atoms with E-state index in [2.05, 4.69) is 27.1 Å². The van der Waals surface area contributed by atoms with Crippen LogP contribution in [0.15, 0.2) is 61.2 Å². The van der Waals surface area contributed by atoms with Crippen molar-refractivity contribution in [2.45, 2.75) is 19.4 Å². The van der Waals surface area contributed by atoms with Crippen molar-refractivity contribution in [3.05, 3.63) is 77.9 Å². The quantitative estimate of drug-likeness (QED) is 0.730. The maximum Gasteiger partial charge on any atom is 0.337 e. The molecule has 0 aliphatic carbocycles. The number of likely N-dealkylation sites (tertiary alicyclic amines) is 1. The van der Waals surface area contributed by atoms with Crippen molar-refractivity contribution < 1.29 is 9.90 Å². The van der Waals surface area contributed by atoms with Crippen LogP contribution in [0.4, 0.5) is 0 Å². The van der Waals surface area contributed by atoms with Gasteiger partial charge in [0.1, 0.15) is 0 Å². The van der Waals surface area contributed by atoms with Crippen LogP contribution >= 0.6 is 0 Å². The molecule has 0 saturated carbocycles. The number of rotatable bonds is 6. The standard InChI is InChI=1S/C21H22N4O2/c26-21(27)19-3-1-2-4-20(19)25-15-18(12-23-25)14-24-10-7-17(13-24)11-16-5-8-22-9-6-16/h1-6,8-9,12,15,17H,7,10-11,13-14H2,(H,26,27)/t17-/m0/s1. The van der Waals surface area contributed by atoms with Crippen molar-refractivity contribution in [3.63, 3.8) is 0 Å². The second kappa shape index (κ2) is 7.72. The largest absolute Gasteiger partial charge is 0.478 e. The third kappa shape index (κ3) is 4.06. The molecule has 1 atom stereocenters. The Morgan fingerprint density at radius 3 is 2.78 bits per heavy atom. The lowest BCUT2D eigenvalue weighted by Crippen LogP contribution is -2.20. The molecule has 0 spiro atoms. The molecule has 3 aromatic rings. The number of carbonyl (C=O) groups is 1. The van der Waals surface area contributed by atoms with Gasteiger partial charge in [-0.05, 0) is 55.1 Å². The maximum absolute atomic E-state index is 11.4. The normalized spacial score (nSPS) is 17.3. The van der Waals surface area contributed by atoms with E-state index >= 15 is 0 Å².